The summed E-state index contributed by atoms with van der Waals surface area (Å²) >= 11 is 0. The first-order valence-corrected chi connectivity index (χ1v) is 9.57. The molecular formula is C22H25N5O3. The summed E-state index contributed by atoms with van der Waals surface area (Å²) < 4.78 is 6.97. The molecule has 1 aromatic heterocycles. The number of benzene rings is 2. The predicted molar refractivity (Wildman–Crippen MR) is 113 cm³/mol. The minimum absolute atomic E-state index is 0.238. The third kappa shape index (κ3) is 6.16. The first kappa shape index (κ1) is 21.0. The van der Waals surface area contributed by atoms with E-state index >= 15 is 0 Å². The van der Waals surface area contributed by atoms with Crippen LogP contribution in [0.25, 0.3) is 0 Å². The van der Waals surface area contributed by atoms with Crippen molar-refractivity contribution < 1.29 is 14.3 Å². The van der Waals surface area contributed by atoms with Crippen molar-refractivity contribution in [3.8, 4) is 0 Å². The van der Waals surface area contributed by atoms with E-state index in [0.29, 0.717) is 24.3 Å². The molecule has 0 bridgehead atoms. The van der Waals surface area contributed by atoms with Crippen LogP contribution in [0.3, 0.4) is 0 Å². The van der Waals surface area contributed by atoms with Gasteiger partial charge in [0.25, 0.3) is 5.91 Å². The molecule has 0 spiro atoms. The number of rotatable bonds is 6. The molecule has 0 aliphatic rings. The van der Waals surface area contributed by atoms with Crippen LogP contribution in [0, 0.1) is 0 Å². The van der Waals surface area contributed by atoms with E-state index in [2.05, 4.69) is 20.7 Å². The van der Waals surface area contributed by atoms with E-state index in [0.717, 1.165) is 11.1 Å². The molecular weight excluding hydrogens is 382 g/mol. The SMILES string of the molecule is CC(C)(C)OC(=O)Nc1cccc(C(=O)NCc2ccccc2Cn2cncn2)c1. The van der Waals surface area contributed by atoms with E-state index in [1.165, 1.54) is 6.33 Å². The highest BCUT2D eigenvalue weighted by Crippen LogP contribution is 2.15. The second-order valence-corrected chi connectivity index (χ2v) is 7.75. The summed E-state index contributed by atoms with van der Waals surface area (Å²) in [5.74, 6) is -0.238. The van der Waals surface area contributed by atoms with Gasteiger partial charge >= 0.3 is 6.09 Å². The molecule has 0 aliphatic heterocycles. The zero-order valence-corrected chi connectivity index (χ0v) is 17.3. The van der Waals surface area contributed by atoms with Gasteiger partial charge in [-0.05, 0) is 50.1 Å². The lowest BCUT2D eigenvalue weighted by Crippen LogP contribution is -2.27. The Balaban J connectivity index is 1.63. The van der Waals surface area contributed by atoms with Crippen molar-refractivity contribution in [1.82, 2.24) is 20.1 Å². The van der Waals surface area contributed by atoms with Gasteiger partial charge in [-0.15, -0.1) is 0 Å². The summed E-state index contributed by atoms with van der Waals surface area (Å²) in [5.41, 5.74) is 2.37. The Labute approximate surface area is 175 Å². The van der Waals surface area contributed by atoms with Crippen molar-refractivity contribution in [1.29, 1.82) is 0 Å². The van der Waals surface area contributed by atoms with Crippen molar-refractivity contribution in [2.75, 3.05) is 5.32 Å². The summed E-state index contributed by atoms with van der Waals surface area (Å²) in [7, 11) is 0. The molecule has 8 nitrogen and oxygen atoms in total. The second-order valence-electron chi connectivity index (χ2n) is 7.75. The van der Waals surface area contributed by atoms with Crippen molar-refractivity contribution in [3.63, 3.8) is 0 Å². The van der Waals surface area contributed by atoms with Gasteiger partial charge in [-0.25, -0.2) is 14.5 Å². The molecule has 156 valence electrons. The van der Waals surface area contributed by atoms with Crippen molar-refractivity contribution >= 4 is 17.7 Å². The predicted octanol–water partition coefficient (Wildman–Crippen LogP) is 3.60. The average Bonchev–Trinajstić information content (AvgIpc) is 3.19. The quantitative estimate of drug-likeness (QED) is 0.651. The molecule has 2 aromatic carbocycles. The van der Waals surface area contributed by atoms with Crippen molar-refractivity contribution in [3.05, 3.63) is 77.9 Å². The van der Waals surface area contributed by atoms with Crippen LogP contribution >= 0.6 is 0 Å². The Morgan fingerprint density at radius 1 is 1.07 bits per heavy atom. The molecule has 1 heterocycles. The molecule has 2 amide bonds. The monoisotopic (exact) mass is 407 g/mol. The molecule has 2 N–H and O–H groups in total. The lowest BCUT2D eigenvalue weighted by Gasteiger charge is -2.19. The highest BCUT2D eigenvalue weighted by molar-refractivity contribution is 5.96. The van der Waals surface area contributed by atoms with Gasteiger partial charge in [-0.1, -0.05) is 30.3 Å². The Morgan fingerprint density at radius 2 is 1.83 bits per heavy atom. The average molecular weight is 407 g/mol. The molecule has 3 rings (SSSR count). The number of anilines is 1. The van der Waals surface area contributed by atoms with Gasteiger partial charge < -0.3 is 10.1 Å². The molecule has 0 saturated carbocycles. The van der Waals surface area contributed by atoms with Crippen LogP contribution in [0.2, 0.25) is 0 Å². The van der Waals surface area contributed by atoms with Gasteiger partial charge in [0.1, 0.15) is 18.3 Å². The number of nitrogens with one attached hydrogen (secondary N) is 2. The maximum absolute atomic E-state index is 12.6. The normalized spacial score (nSPS) is 11.0. The maximum Gasteiger partial charge on any atom is 0.412 e. The first-order chi connectivity index (χ1) is 14.3. The largest absolute Gasteiger partial charge is 0.444 e. The fourth-order valence-corrected chi connectivity index (χ4v) is 2.81. The highest BCUT2D eigenvalue weighted by atomic mass is 16.6. The number of ether oxygens (including phenoxy) is 1. The molecule has 3 aromatic rings. The summed E-state index contributed by atoms with van der Waals surface area (Å²) in [6.45, 7) is 6.31. The summed E-state index contributed by atoms with van der Waals surface area (Å²) in [6, 6.07) is 14.6. The van der Waals surface area contributed by atoms with Gasteiger partial charge in [-0.2, -0.15) is 5.10 Å². The zero-order valence-electron chi connectivity index (χ0n) is 17.3. The molecule has 0 radical (unpaired) electrons. The molecule has 0 unspecified atom stereocenters. The third-order valence-corrected chi connectivity index (χ3v) is 4.13. The fraction of sp³-hybridized carbons (Fsp3) is 0.273. The van der Waals surface area contributed by atoms with Crippen LogP contribution in [0.4, 0.5) is 10.5 Å². The zero-order chi connectivity index (χ0) is 21.6. The van der Waals surface area contributed by atoms with Gasteiger partial charge in [0.15, 0.2) is 0 Å². The van der Waals surface area contributed by atoms with E-state index in [4.69, 9.17) is 4.74 Å². The minimum atomic E-state index is -0.599. The maximum atomic E-state index is 12.6. The number of hydrogen-bond acceptors (Lipinski definition) is 5. The lowest BCUT2D eigenvalue weighted by molar-refractivity contribution is 0.0635. The number of nitrogens with zero attached hydrogens (tertiary/aromatic N) is 3. The number of hydrogen-bond donors (Lipinski definition) is 2. The summed E-state index contributed by atoms with van der Waals surface area (Å²) in [4.78, 5) is 28.5. The van der Waals surface area contributed by atoms with Crippen LogP contribution in [-0.4, -0.2) is 32.4 Å². The van der Waals surface area contributed by atoms with Crippen LogP contribution in [0.5, 0.6) is 0 Å². The Bertz CT molecular complexity index is 1010. The number of carbonyl (C=O) groups is 2. The minimum Gasteiger partial charge on any atom is -0.444 e. The van der Waals surface area contributed by atoms with E-state index in [-0.39, 0.29) is 5.91 Å². The molecule has 0 saturated heterocycles. The number of amides is 2. The van der Waals surface area contributed by atoms with Crippen molar-refractivity contribution in [2.24, 2.45) is 0 Å². The molecule has 0 fully saturated rings. The van der Waals surface area contributed by atoms with Crippen LogP contribution < -0.4 is 10.6 Å². The summed E-state index contributed by atoms with van der Waals surface area (Å²) in [6.07, 6.45) is 2.57. The van der Waals surface area contributed by atoms with E-state index in [9.17, 15) is 9.59 Å². The molecule has 0 atom stereocenters. The Hall–Kier alpha value is -3.68. The fourth-order valence-electron chi connectivity index (χ4n) is 2.81. The highest BCUT2D eigenvalue weighted by Gasteiger charge is 2.16. The van der Waals surface area contributed by atoms with Crippen molar-refractivity contribution in [2.45, 2.75) is 39.5 Å². The second kappa shape index (κ2) is 9.21. The standard InChI is InChI=1S/C22H25N5O3/c1-22(2,3)30-21(29)26-19-10-6-9-16(11-19)20(28)24-12-17-7-4-5-8-18(17)13-27-15-23-14-25-27/h4-11,14-15H,12-13H2,1-3H3,(H,24,28)(H,26,29). The van der Waals surface area contributed by atoms with Gasteiger partial charge in [0, 0.05) is 17.8 Å². The summed E-state index contributed by atoms with van der Waals surface area (Å²) in [5, 5.41) is 9.69. The Kier molecular flexibility index (Phi) is 6.46. The number of aromatic nitrogens is 3. The lowest BCUT2D eigenvalue weighted by atomic mass is 10.1. The molecule has 0 aliphatic carbocycles. The van der Waals surface area contributed by atoms with Crippen LogP contribution in [-0.2, 0) is 17.8 Å². The number of carbonyl (C=O) groups excluding carboxylic acids is 2. The molecule has 8 heteroatoms. The van der Waals surface area contributed by atoms with E-state index in [1.807, 2.05) is 24.3 Å². The molecule has 30 heavy (non-hydrogen) atoms. The van der Waals surface area contributed by atoms with E-state index < -0.39 is 11.7 Å². The van der Waals surface area contributed by atoms with Crippen LogP contribution in [0.1, 0.15) is 42.3 Å². The smallest absolute Gasteiger partial charge is 0.412 e. The van der Waals surface area contributed by atoms with Gasteiger partial charge in [0.2, 0.25) is 0 Å². The van der Waals surface area contributed by atoms with Crippen LogP contribution in [0.15, 0.2) is 61.2 Å². The first-order valence-electron chi connectivity index (χ1n) is 9.57. The Morgan fingerprint density at radius 3 is 2.53 bits per heavy atom. The topological polar surface area (TPSA) is 98.1 Å². The van der Waals surface area contributed by atoms with Gasteiger partial charge in [-0.3, -0.25) is 10.1 Å². The third-order valence-electron chi connectivity index (χ3n) is 4.13. The van der Waals surface area contributed by atoms with E-state index in [1.54, 1.807) is 56.0 Å². The van der Waals surface area contributed by atoms with Gasteiger partial charge in [0.05, 0.1) is 6.54 Å².